The van der Waals surface area contributed by atoms with Crippen LogP contribution in [0.15, 0.2) is 18.5 Å². The summed E-state index contributed by atoms with van der Waals surface area (Å²) in [5, 5.41) is 14.1. The predicted molar refractivity (Wildman–Crippen MR) is 98.4 cm³/mol. The van der Waals surface area contributed by atoms with E-state index in [0.29, 0.717) is 17.0 Å². The third-order valence-electron chi connectivity index (χ3n) is 6.63. The highest BCUT2D eigenvalue weighted by atomic mass is 19.1. The summed E-state index contributed by atoms with van der Waals surface area (Å²) < 4.78 is 13.5. The Morgan fingerprint density at radius 1 is 1.30 bits per heavy atom. The molecule has 0 aromatic carbocycles. The molecule has 2 aromatic heterocycles. The van der Waals surface area contributed by atoms with Crippen LogP contribution in [0.4, 0.5) is 4.39 Å². The highest BCUT2D eigenvalue weighted by Crippen LogP contribution is 2.48. The van der Waals surface area contributed by atoms with Crippen LogP contribution in [0.2, 0.25) is 0 Å². The number of carbonyl (C=O) groups is 1. The number of carboxylic acid groups (broad SMARTS) is 1. The van der Waals surface area contributed by atoms with Crippen molar-refractivity contribution in [2.45, 2.75) is 50.1 Å². The molecule has 0 aliphatic heterocycles. The third-order valence-corrected chi connectivity index (χ3v) is 6.63. The monoisotopic (exact) mass is 367 g/mol. The first-order valence-corrected chi connectivity index (χ1v) is 9.71. The molecule has 2 heterocycles. The van der Waals surface area contributed by atoms with E-state index in [9.17, 15) is 14.3 Å². The molecule has 0 amide bonds. The van der Waals surface area contributed by atoms with Crippen LogP contribution >= 0.6 is 0 Å². The quantitative estimate of drug-likeness (QED) is 0.729. The zero-order valence-electron chi connectivity index (χ0n) is 15.0. The van der Waals surface area contributed by atoms with Gasteiger partial charge in [0.15, 0.2) is 0 Å². The van der Waals surface area contributed by atoms with Gasteiger partial charge in [-0.15, -0.1) is 0 Å². The third kappa shape index (κ3) is 2.90. The lowest BCUT2D eigenvalue weighted by Crippen LogP contribution is -2.57. The lowest BCUT2D eigenvalue weighted by molar-refractivity contribution is -0.149. The molecule has 140 valence electrons. The maximum atomic E-state index is 13.5. The second-order valence-corrected chi connectivity index (χ2v) is 8.29. The van der Waals surface area contributed by atoms with Gasteiger partial charge in [-0.25, -0.2) is 9.37 Å². The van der Waals surface area contributed by atoms with Gasteiger partial charge in [0.05, 0.1) is 23.2 Å². The Labute approximate surface area is 156 Å². The summed E-state index contributed by atoms with van der Waals surface area (Å²) in [5.74, 6) is 5.86. The molecule has 2 atom stereocenters. The van der Waals surface area contributed by atoms with Gasteiger partial charge in [-0.3, -0.25) is 10.1 Å². The van der Waals surface area contributed by atoms with Crippen LogP contribution < -0.4 is 5.32 Å². The molecule has 4 aliphatic rings. The number of hydrogen-bond acceptors (Lipinski definition) is 3. The highest BCUT2D eigenvalue weighted by Gasteiger charge is 2.52. The van der Waals surface area contributed by atoms with Crippen molar-refractivity contribution in [3.8, 4) is 11.8 Å². The topological polar surface area (TPSA) is 78.0 Å². The van der Waals surface area contributed by atoms with Crippen LogP contribution in [0.1, 0.15) is 44.1 Å². The number of aromatic nitrogens is 2. The summed E-state index contributed by atoms with van der Waals surface area (Å²) in [6.45, 7) is 0. The van der Waals surface area contributed by atoms with Crippen LogP contribution in [0, 0.1) is 35.4 Å². The van der Waals surface area contributed by atoms with Crippen molar-refractivity contribution in [1.29, 1.82) is 0 Å². The minimum Gasteiger partial charge on any atom is -0.481 e. The summed E-state index contributed by atoms with van der Waals surface area (Å²) in [7, 11) is 0. The number of hydrogen-bond donors (Lipinski definition) is 3. The molecule has 4 fully saturated rings. The molecular formula is C21H22FN3O2. The molecular weight excluding hydrogens is 345 g/mol. The average Bonchev–Trinajstić information content (AvgIpc) is 3.31. The highest BCUT2D eigenvalue weighted by molar-refractivity contribution is 5.83. The second kappa shape index (κ2) is 6.07. The first-order chi connectivity index (χ1) is 13.0. The van der Waals surface area contributed by atoms with E-state index in [0.717, 1.165) is 44.1 Å². The molecule has 27 heavy (non-hydrogen) atoms. The van der Waals surface area contributed by atoms with Crippen molar-refractivity contribution in [2.75, 3.05) is 0 Å². The molecule has 0 unspecified atom stereocenters. The molecule has 6 rings (SSSR count). The zero-order chi connectivity index (χ0) is 18.6. The average molecular weight is 367 g/mol. The van der Waals surface area contributed by atoms with E-state index in [1.165, 1.54) is 12.3 Å². The van der Waals surface area contributed by atoms with Crippen LogP contribution in [0.5, 0.6) is 0 Å². The van der Waals surface area contributed by atoms with Crippen LogP contribution in [-0.2, 0) is 4.79 Å². The lowest BCUT2D eigenvalue weighted by atomic mass is 9.61. The van der Waals surface area contributed by atoms with Crippen molar-refractivity contribution in [1.82, 2.24) is 15.3 Å². The SMILES string of the molecule is O=C(O)[C@H]1[C@H]2CC[C@H](CC2)[C@@H]1NC1(C#Cc2c[nH]c3ncc(F)cc23)CC1. The molecule has 4 saturated carbocycles. The lowest BCUT2D eigenvalue weighted by Gasteiger charge is -2.48. The number of nitrogens with zero attached hydrogens (tertiary/aromatic N) is 1. The van der Waals surface area contributed by atoms with Crippen LogP contribution in [-0.4, -0.2) is 32.6 Å². The minimum absolute atomic E-state index is 0.00822. The Morgan fingerprint density at radius 3 is 2.74 bits per heavy atom. The number of H-pyrrole nitrogens is 1. The number of aliphatic carboxylic acids is 1. The van der Waals surface area contributed by atoms with Crippen LogP contribution in [0.25, 0.3) is 11.0 Å². The first-order valence-electron chi connectivity index (χ1n) is 9.71. The number of pyridine rings is 1. The Hall–Kier alpha value is -2.39. The summed E-state index contributed by atoms with van der Waals surface area (Å²) in [6.07, 6.45) is 9.09. The zero-order valence-corrected chi connectivity index (χ0v) is 15.0. The summed E-state index contributed by atoms with van der Waals surface area (Å²) in [4.78, 5) is 18.9. The van der Waals surface area contributed by atoms with E-state index in [1.54, 1.807) is 6.20 Å². The molecule has 5 nitrogen and oxygen atoms in total. The van der Waals surface area contributed by atoms with Gasteiger partial charge in [0.25, 0.3) is 0 Å². The molecule has 6 heteroatoms. The number of rotatable bonds is 3. The smallest absolute Gasteiger partial charge is 0.308 e. The number of fused-ring (bicyclic) bond motifs is 4. The van der Waals surface area contributed by atoms with E-state index in [2.05, 4.69) is 27.1 Å². The maximum absolute atomic E-state index is 13.5. The van der Waals surface area contributed by atoms with Crippen LogP contribution in [0.3, 0.4) is 0 Å². The standard InChI is InChI=1S/C21H22FN3O2/c22-15-9-16-14(10-23-19(16)24-11-15)5-6-21(7-8-21)25-18-13-3-1-12(2-4-13)17(18)20(26)27/h9-13,17-18,25H,1-4,7-8H2,(H,23,24)(H,26,27)/t12-,13+,17-,18-/m0/s1. The fourth-order valence-electron chi connectivity index (χ4n) is 5.03. The number of nitrogens with one attached hydrogen (secondary N) is 2. The van der Waals surface area contributed by atoms with E-state index >= 15 is 0 Å². The Balaban J connectivity index is 1.40. The van der Waals surface area contributed by atoms with Gasteiger partial charge in [-0.2, -0.15) is 0 Å². The molecule has 2 aromatic rings. The Morgan fingerprint density at radius 2 is 2.04 bits per heavy atom. The van der Waals surface area contributed by atoms with Gasteiger partial charge >= 0.3 is 5.97 Å². The first kappa shape index (κ1) is 16.8. The molecule has 3 N–H and O–H groups in total. The fourth-order valence-corrected chi connectivity index (χ4v) is 5.03. The number of aromatic amines is 1. The van der Waals surface area contributed by atoms with Crippen molar-refractivity contribution in [3.05, 3.63) is 29.8 Å². The van der Waals surface area contributed by atoms with Gasteiger partial charge < -0.3 is 10.1 Å². The minimum atomic E-state index is -0.677. The van der Waals surface area contributed by atoms with E-state index in [4.69, 9.17) is 0 Å². The predicted octanol–water partition coefficient (Wildman–Crippen LogP) is 3.07. The van der Waals surface area contributed by atoms with Crippen molar-refractivity contribution in [3.63, 3.8) is 0 Å². The van der Waals surface area contributed by atoms with Gasteiger partial charge in [-0.05, 0) is 56.4 Å². The van der Waals surface area contributed by atoms with Gasteiger partial charge in [0, 0.05) is 17.6 Å². The summed E-state index contributed by atoms with van der Waals surface area (Å²) in [5.41, 5.74) is 1.04. The van der Waals surface area contributed by atoms with Crippen molar-refractivity contribution in [2.24, 2.45) is 17.8 Å². The largest absolute Gasteiger partial charge is 0.481 e. The molecule has 0 radical (unpaired) electrons. The number of halogens is 1. The second-order valence-electron chi connectivity index (χ2n) is 8.29. The van der Waals surface area contributed by atoms with E-state index in [1.807, 2.05) is 0 Å². The molecule has 0 spiro atoms. The molecule has 0 saturated heterocycles. The number of carboxylic acids is 1. The maximum Gasteiger partial charge on any atom is 0.308 e. The van der Waals surface area contributed by atoms with Gasteiger partial charge in [0.2, 0.25) is 0 Å². The van der Waals surface area contributed by atoms with Gasteiger partial charge in [0.1, 0.15) is 11.5 Å². The fraction of sp³-hybridized carbons (Fsp3) is 0.524. The normalized spacial score (nSPS) is 30.7. The van der Waals surface area contributed by atoms with Crippen molar-refractivity contribution >= 4 is 17.0 Å². The summed E-state index contributed by atoms with van der Waals surface area (Å²) in [6, 6.07) is 1.45. The summed E-state index contributed by atoms with van der Waals surface area (Å²) >= 11 is 0. The van der Waals surface area contributed by atoms with E-state index < -0.39 is 5.97 Å². The molecule has 4 aliphatic carbocycles. The Bertz CT molecular complexity index is 961. The van der Waals surface area contributed by atoms with Crippen molar-refractivity contribution < 1.29 is 14.3 Å². The van der Waals surface area contributed by atoms with E-state index in [-0.39, 0.29) is 29.2 Å². The molecule has 2 bridgehead atoms. The Kier molecular flexibility index (Phi) is 3.76. The van der Waals surface area contributed by atoms with Gasteiger partial charge in [-0.1, -0.05) is 11.8 Å².